The lowest BCUT2D eigenvalue weighted by Crippen LogP contribution is -2.58. The van der Waals surface area contributed by atoms with Gasteiger partial charge in [0.25, 0.3) is 11.8 Å². The van der Waals surface area contributed by atoms with E-state index in [1.807, 2.05) is 31.4 Å². The minimum Gasteiger partial charge on any atom is -0.474 e. The molecule has 0 unspecified atom stereocenters. The lowest BCUT2D eigenvalue weighted by Gasteiger charge is -2.57. The Labute approximate surface area is 230 Å². The largest absolute Gasteiger partial charge is 0.474 e. The second-order valence-corrected chi connectivity index (χ2v) is 11.5. The minimum atomic E-state index is -0.951. The molecule has 6 rings (SSSR count). The standard InChI is InChI=1S/C29H30N8O3/c1-28(2,16-30)37-23-9-17(18-14-33-36(3)15-18)6-7-21(23)24(35-37)26(39)34-19-10-29(11-19)12-20(13-29)40-27-22(25(31)38)5-4-8-32-27/h4-9,14-15,19-20H,10-13H2,1-3H3,(H2,31,38)(H,34,39)/t19-,20-,29?. The zero-order valence-electron chi connectivity index (χ0n) is 22.6. The number of ether oxygens (including phenoxy) is 1. The third-order valence-electron chi connectivity index (χ3n) is 8.07. The molecule has 0 saturated heterocycles. The number of nitrogens with one attached hydrogen (secondary N) is 1. The van der Waals surface area contributed by atoms with Gasteiger partial charge in [-0.3, -0.25) is 14.3 Å². The second kappa shape index (κ2) is 9.19. The third-order valence-corrected chi connectivity index (χ3v) is 8.07. The highest BCUT2D eigenvalue weighted by Gasteiger charge is 2.54. The van der Waals surface area contributed by atoms with Crippen molar-refractivity contribution < 1.29 is 14.3 Å². The van der Waals surface area contributed by atoms with Crippen LogP contribution in [0.25, 0.3) is 22.0 Å². The van der Waals surface area contributed by atoms with Gasteiger partial charge >= 0.3 is 0 Å². The van der Waals surface area contributed by atoms with Gasteiger partial charge in [0.1, 0.15) is 17.2 Å². The molecule has 3 aromatic heterocycles. The molecule has 3 N–H and O–H groups in total. The highest BCUT2D eigenvalue weighted by atomic mass is 16.5. The van der Waals surface area contributed by atoms with Gasteiger partial charge in [-0.2, -0.15) is 15.5 Å². The summed E-state index contributed by atoms with van der Waals surface area (Å²) in [6.45, 7) is 3.56. The van der Waals surface area contributed by atoms with Crippen molar-refractivity contribution in [1.29, 1.82) is 5.26 Å². The summed E-state index contributed by atoms with van der Waals surface area (Å²) in [5.74, 6) is -0.545. The van der Waals surface area contributed by atoms with Gasteiger partial charge in [-0.25, -0.2) is 9.67 Å². The van der Waals surface area contributed by atoms with Gasteiger partial charge in [0.05, 0.1) is 17.8 Å². The number of nitriles is 1. The van der Waals surface area contributed by atoms with Crippen LogP contribution in [0.2, 0.25) is 0 Å². The first-order valence-electron chi connectivity index (χ1n) is 13.2. The fraction of sp³-hybridized carbons (Fsp3) is 0.379. The van der Waals surface area contributed by atoms with Crippen LogP contribution in [0, 0.1) is 16.7 Å². The van der Waals surface area contributed by atoms with Crippen molar-refractivity contribution in [2.45, 2.75) is 57.2 Å². The Kier molecular flexibility index (Phi) is 5.87. The van der Waals surface area contributed by atoms with Gasteiger partial charge in [0.15, 0.2) is 5.69 Å². The van der Waals surface area contributed by atoms with Crippen LogP contribution in [0.4, 0.5) is 0 Å². The molecule has 0 aliphatic heterocycles. The number of hydrogen-bond acceptors (Lipinski definition) is 7. The summed E-state index contributed by atoms with van der Waals surface area (Å²) < 4.78 is 9.31. The zero-order valence-corrected chi connectivity index (χ0v) is 22.6. The summed E-state index contributed by atoms with van der Waals surface area (Å²) in [4.78, 5) is 29.2. The number of pyridine rings is 1. The number of primary amides is 1. The van der Waals surface area contributed by atoms with Crippen molar-refractivity contribution in [1.82, 2.24) is 29.9 Å². The van der Waals surface area contributed by atoms with E-state index in [4.69, 9.17) is 10.5 Å². The normalized spacial score (nSPS) is 21.9. The predicted molar refractivity (Wildman–Crippen MR) is 146 cm³/mol. The predicted octanol–water partition coefficient (Wildman–Crippen LogP) is 3.31. The molecule has 0 bridgehead atoms. The summed E-state index contributed by atoms with van der Waals surface area (Å²) >= 11 is 0. The number of nitrogens with two attached hydrogens (primary N) is 1. The van der Waals surface area contributed by atoms with Gasteiger partial charge in [0, 0.05) is 36.4 Å². The summed E-state index contributed by atoms with van der Waals surface area (Å²) in [7, 11) is 1.86. The fourth-order valence-electron chi connectivity index (χ4n) is 6.00. The molecular weight excluding hydrogens is 508 g/mol. The van der Waals surface area contributed by atoms with Crippen LogP contribution in [0.1, 0.15) is 60.4 Å². The first kappa shape index (κ1) is 25.6. The van der Waals surface area contributed by atoms with E-state index in [0.29, 0.717) is 16.6 Å². The van der Waals surface area contributed by atoms with Crippen molar-refractivity contribution >= 4 is 22.7 Å². The van der Waals surface area contributed by atoms with Crippen molar-refractivity contribution in [3.8, 4) is 23.1 Å². The number of aromatic nitrogens is 5. The smallest absolute Gasteiger partial charge is 0.272 e. The SMILES string of the molecule is Cn1cc(-c2ccc3c(C(=O)N[C@H]4CC5(C4)C[C@H](Oc4ncccc4C(N)=O)C5)nn(C(C)(C)C#N)c3c2)cn1. The van der Waals surface area contributed by atoms with Gasteiger partial charge in [0.2, 0.25) is 5.88 Å². The van der Waals surface area contributed by atoms with Crippen LogP contribution in [-0.4, -0.2) is 48.5 Å². The Morgan fingerprint density at radius 3 is 2.65 bits per heavy atom. The zero-order chi connectivity index (χ0) is 28.2. The molecule has 0 radical (unpaired) electrons. The van der Waals surface area contributed by atoms with Gasteiger partial charge in [-0.1, -0.05) is 6.07 Å². The van der Waals surface area contributed by atoms with Gasteiger partial charge in [-0.15, -0.1) is 0 Å². The molecule has 2 aliphatic rings. The topological polar surface area (TPSA) is 154 Å². The van der Waals surface area contributed by atoms with E-state index >= 15 is 0 Å². The number of carbonyl (C=O) groups is 2. The number of hydrogen-bond donors (Lipinski definition) is 2. The Balaban J connectivity index is 1.15. The minimum absolute atomic E-state index is 0.0309. The molecule has 204 valence electrons. The van der Waals surface area contributed by atoms with Crippen LogP contribution in [0.5, 0.6) is 5.88 Å². The molecule has 4 aromatic rings. The van der Waals surface area contributed by atoms with Crippen molar-refractivity contribution in [3.05, 3.63) is 60.2 Å². The molecule has 11 heteroatoms. The van der Waals surface area contributed by atoms with Crippen LogP contribution in [-0.2, 0) is 12.6 Å². The van der Waals surface area contributed by atoms with E-state index in [1.54, 1.807) is 47.7 Å². The van der Waals surface area contributed by atoms with E-state index in [0.717, 1.165) is 36.8 Å². The van der Waals surface area contributed by atoms with E-state index in [9.17, 15) is 14.9 Å². The molecule has 2 saturated carbocycles. The number of carbonyl (C=O) groups excluding carboxylic acids is 2. The number of benzene rings is 1. The molecule has 11 nitrogen and oxygen atoms in total. The average Bonchev–Trinajstić information content (AvgIpc) is 3.50. The number of aryl methyl sites for hydroxylation is 1. The number of nitrogens with zero attached hydrogens (tertiary/aromatic N) is 6. The van der Waals surface area contributed by atoms with Crippen molar-refractivity contribution in [2.24, 2.45) is 18.2 Å². The van der Waals surface area contributed by atoms with E-state index in [-0.39, 0.29) is 34.9 Å². The Morgan fingerprint density at radius 2 is 1.98 bits per heavy atom. The Bertz CT molecular complexity index is 1680. The third kappa shape index (κ3) is 4.35. The van der Waals surface area contributed by atoms with Crippen LogP contribution in [0.15, 0.2) is 48.9 Å². The Hall–Kier alpha value is -4.72. The summed E-state index contributed by atoms with van der Waals surface area (Å²) in [6, 6.07) is 11.4. The summed E-state index contributed by atoms with van der Waals surface area (Å²) in [5.41, 5.74) is 7.77. The maximum atomic E-state index is 13.4. The molecule has 1 spiro atoms. The van der Waals surface area contributed by atoms with Crippen molar-refractivity contribution in [2.75, 3.05) is 0 Å². The Morgan fingerprint density at radius 1 is 1.20 bits per heavy atom. The highest BCUT2D eigenvalue weighted by molar-refractivity contribution is 6.06. The fourth-order valence-corrected chi connectivity index (χ4v) is 6.00. The molecule has 1 aromatic carbocycles. The number of amides is 2. The second-order valence-electron chi connectivity index (χ2n) is 11.5. The highest BCUT2D eigenvalue weighted by Crippen LogP contribution is 2.56. The molecule has 0 atom stereocenters. The van der Waals surface area contributed by atoms with Crippen molar-refractivity contribution in [3.63, 3.8) is 0 Å². The monoisotopic (exact) mass is 538 g/mol. The van der Waals surface area contributed by atoms with Crippen LogP contribution < -0.4 is 15.8 Å². The first-order valence-corrected chi connectivity index (χ1v) is 13.2. The lowest BCUT2D eigenvalue weighted by molar-refractivity contribution is -0.0848. The number of rotatable bonds is 7. The van der Waals surface area contributed by atoms with E-state index in [2.05, 4.69) is 26.6 Å². The average molecular weight is 539 g/mol. The molecule has 2 aliphatic carbocycles. The summed E-state index contributed by atoms with van der Waals surface area (Å²) in [5, 5.41) is 22.5. The van der Waals surface area contributed by atoms with E-state index in [1.165, 1.54) is 0 Å². The molecule has 2 amide bonds. The summed E-state index contributed by atoms with van der Waals surface area (Å²) in [6.07, 6.45) is 8.59. The van der Waals surface area contributed by atoms with Gasteiger partial charge in [-0.05, 0) is 74.8 Å². The molecule has 3 heterocycles. The molecule has 2 fully saturated rings. The lowest BCUT2D eigenvalue weighted by atomic mass is 9.53. The molecule has 40 heavy (non-hydrogen) atoms. The quantitative estimate of drug-likeness (QED) is 0.366. The number of fused-ring (bicyclic) bond motifs is 1. The maximum Gasteiger partial charge on any atom is 0.272 e. The molecular formula is C29H30N8O3. The maximum absolute atomic E-state index is 13.4. The first-order chi connectivity index (χ1) is 19.1. The van der Waals surface area contributed by atoms with Crippen LogP contribution in [0.3, 0.4) is 0 Å². The van der Waals surface area contributed by atoms with Gasteiger partial charge < -0.3 is 15.8 Å². The van der Waals surface area contributed by atoms with Crippen LogP contribution >= 0.6 is 0 Å². The van der Waals surface area contributed by atoms with E-state index < -0.39 is 11.4 Å².